The summed E-state index contributed by atoms with van der Waals surface area (Å²) in [6, 6.07) is 0. The van der Waals surface area contributed by atoms with Crippen molar-refractivity contribution >= 4 is 6.71 Å². The molecule has 0 rings (SSSR count). The van der Waals surface area contributed by atoms with E-state index in [2.05, 4.69) is 27.6 Å². The fourth-order valence-electron chi connectivity index (χ4n) is 1.14. The minimum atomic E-state index is 0.921. The largest absolute Gasteiger partial charge is 0.139 e. The van der Waals surface area contributed by atoms with Gasteiger partial charge < -0.3 is 0 Å². The Bertz CT molecular complexity index is 61.6. The lowest BCUT2D eigenvalue weighted by molar-refractivity contribution is 0.842. The molecule has 0 aromatic heterocycles. The summed E-state index contributed by atoms with van der Waals surface area (Å²) in [5.41, 5.74) is 0. The van der Waals surface area contributed by atoms with Gasteiger partial charge in [-0.25, -0.2) is 0 Å². The number of hydrogen-bond donors (Lipinski definition) is 0. The zero-order valence-corrected chi connectivity index (χ0v) is 7.28. The van der Waals surface area contributed by atoms with Gasteiger partial charge in [-0.3, -0.25) is 0 Å². The van der Waals surface area contributed by atoms with Crippen LogP contribution in [0.15, 0.2) is 0 Å². The molecule has 0 aliphatic carbocycles. The first-order valence-electron chi connectivity index (χ1n) is 4.22. The molecule has 0 saturated carbocycles. The lowest BCUT2D eigenvalue weighted by atomic mass is 9.40. The molecule has 0 radical (unpaired) electrons. The summed E-state index contributed by atoms with van der Waals surface area (Å²) in [6.07, 6.45) is 4.07. The molecule has 54 valence electrons. The van der Waals surface area contributed by atoms with E-state index >= 15 is 0 Å². The second-order valence-corrected chi connectivity index (χ2v) is 3.15. The van der Waals surface area contributed by atoms with E-state index in [-0.39, 0.29) is 0 Å². The molecule has 0 aliphatic heterocycles. The lowest BCUT2D eigenvalue weighted by Gasteiger charge is -2.12. The van der Waals surface area contributed by atoms with Crippen LogP contribution in [0.4, 0.5) is 0 Å². The van der Waals surface area contributed by atoms with Crippen molar-refractivity contribution in [2.75, 3.05) is 0 Å². The number of rotatable bonds is 4. The molecular formula is C8H19B. The summed E-state index contributed by atoms with van der Waals surface area (Å²) in [4.78, 5) is 0. The average Bonchev–Trinajstić information content (AvgIpc) is 1.87. The first-order valence-corrected chi connectivity index (χ1v) is 4.22. The molecule has 1 unspecified atom stereocenters. The summed E-state index contributed by atoms with van der Waals surface area (Å²) in [7, 11) is 0. The van der Waals surface area contributed by atoms with E-state index in [4.69, 9.17) is 0 Å². The Balaban J connectivity index is 3.32. The van der Waals surface area contributed by atoms with E-state index in [1.54, 1.807) is 0 Å². The van der Waals surface area contributed by atoms with E-state index in [0.717, 1.165) is 12.5 Å². The van der Waals surface area contributed by atoms with Crippen molar-refractivity contribution in [1.29, 1.82) is 0 Å². The van der Waals surface area contributed by atoms with Gasteiger partial charge in [0.15, 0.2) is 0 Å². The molecule has 0 bridgehead atoms. The predicted molar refractivity (Wildman–Crippen MR) is 46.4 cm³/mol. The van der Waals surface area contributed by atoms with Crippen LogP contribution < -0.4 is 0 Å². The highest BCUT2D eigenvalue weighted by molar-refractivity contribution is 6.58. The van der Waals surface area contributed by atoms with Crippen molar-refractivity contribution in [3.05, 3.63) is 0 Å². The van der Waals surface area contributed by atoms with E-state index in [0.29, 0.717) is 0 Å². The van der Waals surface area contributed by atoms with Crippen LogP contribution in [0.5, 0.6) is 0 Å². The molecule has 9 heavy (non-hydrogen) atoms. The molecule has 0 amide bonds. The Labute approximate surface area is 60.1 Å². The Morgan fingerprint density at radius 1 is 1.33 bits per heavy atom. The van der Waals surface area contributed by atoms with Crippen LogP contribution in [0, 0.1) is 0 Å². The Kier molecular flexibility index (Phi) is 4.93. The predicted octanol–water partition coefficient (Wildman–Crippen LogP) is 3.32. The topological polar surface area (TPSA) is 0 Å². The molecule has 0 aliphatic rings. The third-order valence-electron chi connectivity index (χ3n) is 2.36. The SMILES string of the molecule is CCCB(C)C(C)CC. The smallest absolute Gasteiger partial charge is 0.0859 e. The third kappa shape index (κ3) is 3.61. The Hall–Kier alpha value is 0.0649. The van der Waals surface area contributed by atoms with Gasteiger partial charge in [0.2, 0.25) is 0 Å². The zero-order valence-electron chi connectivity index (χ0n) is 7.28. The van der Waals surface area contributed by atoms with Crippen LogP contribution in [-0.2, 0) is 0 Å². The molecule has 0 saturated heterocycles. The van der Waals surface area contributed by atoms with Crippen LogP contribution in [0.3, 0.4) is 0 Å². The minimum Gasteiger partial charge on any atom is -0.0859 e. The third-order valence-corrected chi connectivity index (χ3v) is 2.36. The van der Waals surface area contributed by atoms with Crippen LogP contribution in [-0.4, -0.2) is 6.71 Å². The molecule has 0 N–H and O–H groups in total. The summed E-state index contributed by atoms with van der Waals surface area (Å²) >= 11 is 0. The highest BCUT2D eigenvalue weighted by atomic mass is 13.9. The molecule has 0 spiro atoms. The molecule has 1 heteroatoms. The van der Waals surface area contributed by atoms with Gasteiger partial charge in [-0.2, -0.15) is 0 Å². The van der Waals surface area contributed by atoms with E-state index < -0.39 is 0 Å². The van der Waals surface area contributed by atoms with Gasteiger partial charge in [0.25, 0.3) is 0 Å². The van der Waals surface area contributed by atoms with Gasteiger partial charge in [0.1, 0.15) is 6.71 Å². The Morgan fingerprint density at radius 2 is 1.89 bits per heavy atom. The molecule has 0 fully saturated rings. The second kappa shape index (κ2) is 4.90. The average molecular weight is 126 g/mol. The van der Waals surface area contributed by atoms with Crippen molar-refractivity contribution in [2.24, 2.45) is 0 Å². The van der Waals surface area contributed by atoms with E-state index in [9.17, 15) is 0 Å². The van der Waals surface area contributed by atoms with Crippen molar-refractivity contribution in [3.63, 3.8) is 0 Å². The van der Waals surface area contributed by atoms with Gasteiger partial charge >= 0.3 is 0 Å². The van der Waals surface area contributed by atoms with Gasteiger partial charge in [-0.15, -0.1) is 0 Å². The standard InChI is InChI=1S/C8H19B/c1-5-7-9(4)8(3)6-2/h8H,5-7H2,1-4H3. The maximum absolute atomic E-state index is 2.36. The minimum absolute atomic E-state index is 0.921. The maximum Gasteiger partial charge on any atom is 0.139 e. The quantitative estimate of drug-likeness (QED) is 0.507. The van der Waals surface area contributed by atoms with Crippen LogP contribution in [0.1, 0.15) is 33.6 Å². The van der Waals surface area contributed by atoms with E-state index in [1.807, 2.05) is 0 Å². The van der Waals surface area contributed by atoms with Gasteiger partial charge in [-0.05, 0) is 0 Å². The zero-order chi connectivity index (χ0) is 7.28. The summed E-state index contributed by atoms with van der Waals surface area (Å²) in [5, 5.41) is 0. The van der Waals surface area contributed by atoms with Crippen LogP contribution >= 0.6 is 0 Å². The van der Waals surface area contributed by atoms with Crippen LogP contribution in [0.2, 0.25) is 19.0 Å². The normalized spacial score (nSPS) is 13.3. The van der Waals surface area contributed by atoms with Gasteiger partial charge in [0, 0.05) is 0 Å². The first kappa shape index (κ1) is 9.06. The highest BCUT2D eigenvalue weighted by Gasteiger charge is 2.11. The highest BCUT2D eigenvalue weighted by Crippen LogP contribution is 2.17. The fourth-order valence-corrected chi connectivity index (χ4v) is 1.14. The lowest BCUT2D eigenvalue weighted by Crippen LogP contribution is -2.12. The first-order chi connectivity index (χ1) is 4.22. The maximum atomic E-state index is 2.36. The second-order valence-electron chi connectivity index (χ2n) is 3.15. The fraction of sp³-hybridized carbons (Fsp3) is 1.00. The van der Waals surface area contributed by atoms with Crippen molar-refractivity contribution < 1.29 is 0 Å². The monoisotopic (exact) mass is 126 g/mol. The van der Waals surface area contributed by atoms with Gasteiger partial charge in [0.05, 0.1) is 0 Å². The molecule has 0 nitrogen and oxygen atoms in total. The molecule has 0 aromatic rings. The number of hydrogen-bond acceptors (Lipinski definition) is 0. The van der Waals surface area contributed by atoms with Crippen molar-refractivity contribution in [1.82, 2.24) is 0 Å². The molecule has 0 aromatic carbocycles. The van der Waals surface area contributed by atoms with Crippen LogP contribution in [0.25, 0.3) is 0 Å². The van der Waals surface area contributed by atoms with Gasteiger partial charge in [-0.1, -0.05) is 52.6 Å². The molecule has 1 atom stereocenters. The summed E-state index contributed by atoms with van der Waals surface area (Å²) in [5.74, 6) is 0.921. The van der Waals surface area contributed by atoms with Crippen molar-refractivity contribution in [2.45, 2.75) is 52.6 Å². The van der Waals surface area contributed by atoms with Crippen molar-refractivity contribution in [3.8, 4) is 0 Å². The summed E-state index contributed by atoms with van der Waals surface area (Å²) < 4.78 is 0. The van der Waals surface area contributed by atoms with E-state index in [1.165, 1.54) is 19.2 Å². The molecule has 0 heterocycles. The summed E-state index contributed by atoms with van der Waals surface area (Å²) in [6.45, 7) is 10.2. The Morgan fingerprint density at radius 3 is 2.22 bits per heavy atom. The molecular weight excluding hydrogens is 107 g/mol.